The molecule has 0 fully saturated rings. The van der Waals surface area contributed by atoms with Crippen molar-refractivity contribution in [3.63, 3.8) is 0 Å². The minimum atomic E-state index is -0.723. The lowest BCUT2D eigenvalue weighted by molar-refractivity contribution is -0.138. The molecule has 0 aromatic heterocycles. The summed E-state index contributed by atoms with van der Waals surface area (Å²) in [6, 6.07) is 0.217. The maximum Gasteiger partial charge on any atom is 0.242 e. The molecule has 0 aliphatic heterocycles. The Morgan fingerprint density at radius 2 is 1.80 bits per heavy atom. The summed E-state index contributed by atoms with van der Waals surface area (Å²) in [4.78, 5) is 14.1. The van der Waals surface area contributed by atoms with Crippen LogP contribution in [0.4, 0.5) is 0 Å². The summed E-state index contributed by atoms with van der Waals surface area (Å²) < 4.78 is 0. The Morgan fingerprint density at radius 3 is 2.07 bits per heavy atom. The van der Waals surface area contributed by atoms with Crippen LogP contribution in [0.25, 0.3) is 0 Å². The summed E-state index contributed by atoms with van der Waals surface area (Å²) in [5.41, 5.74) is 5.26. The van der Waals surface area contributed by atoms with Gasteiger partial charge in [0.25, 0.3) is 0 Å². The Hall–Kier alpha value is -0.570. The number of hydrogen-bond donors (Lipinski definition) is 1. The number of amides is 1. The van der Waals surface area contributed by atoms with Crippen LogP contribution >= 0.6 is 0 Å². The molecule has 0 saturated heterocycles. The highest BCUT2D eigenvalue weighted by Gasteiger charge is 2.32. The molecule has 0 bridgehead atoms. The van der Waals surface area contributed by atoms with Crippen LogP contribution in [0.2, 0.25) is 0 Å². The van der Waals surface area contributed by atoms with Gasteiger partial charge in [-0.15, -0.1) is 0 Å². The van der Waals surface area contributed by atoms with Crippen LogP contribution in [-0.4, -0.2) is 28.9 Å². The van der Waals surface area contributed by atoms with E-state index in [9.17, 15) is 4.79 Å². The molecular formula is C12H26N2O. The summed E-state index contributed by atoms with van der Waals surface area (Å²) in [6.07, 6.45) is 0.674. The first-order valence-corrected chi connectivity index (χ1v) is 5.82. The zero-order chi connectivity index (χ0) is 12.2. The van der Waals surface area contributed by atoms with Crippen molar-refractivity contribution in [2.45, 2.75) is 59.5 Å². The van der Waals surface area contributed by atoms with Crippen molar-refractivity contribution in [1.82, 2.24) is 4.90 Å². The SMILES string of the molecule is CCC(C)(N)C(=O)N(CC(C)C)C(C)C. The molecule has 0 aromatic carbocycles. The van der Waals surface area contributed by atoms with Crippen molar-refractivity contribution >= 4 is 5.91 Å². The van der Waals surface area contributed by atoms with Crippen LogP contribution in [0.5, 0.6) is 0 Å². The average Bonchev–Trinajstić information content (AvgIpc) is 2.12. The van der Waals surface area contributed by atoms with Gasteiger partial charge < -0.3 is 10.6 Å². The largest absolute Gasteiger partial charge is 0.338 e. The lowest BCUT2D eigenvalue weighted by Gasteiger charge is -2.35. The minimum Gasteiger partial charge on any atom is -0.338 e. The Morgan fingerprint density at radius 1 is 1.33 bits per heavy atom. The quantitative estimate of drug-likeness (QED) is 0.761. The molecule has 1 unspecified atom stereocenters. The molecule has 0 spiro atoms. The Balaban J connectivity index is 4.71. The maximum absolute atomic E-state index is 12.2. The van der Waals surface area contributed by atoms with Gasteiger partial charge >= 0.3 is 0 Å². The lowest BCUT2D eigenvalue weighted by atomic mass is 9.97. The van der Waals surface area contributed by atoms with Gasteiger partial charge in [0.15, 0.2) is 0 Å². The van der Waals surface area contributed by atoms with Gasteiger partial charge in [-0.2, -0.15) is 0 Å². The number of carbonyl (C=O) groups is 1. The van der Waals surface area contributed by atoms with Crippen molar-refractivity contribution < 1.29 is 4.79 Å². The number of carbonyl (C=O) groups excluding carboxylic acids is 1. The molecule has 0 radical (unpaired) electrons. The molecule has 15 heavy (non-hydrogen) atoms. The van der Waals surface area contributed by atoms with Gasteiger partial charge in [0, 0.05) is 12.6 Å². The predicted octanol–water partition coefficient (Wildman–Crippen LogP) is 2.01. The second-order valence-corrected chi connectivity index (χ2v) is 5.22. The van der Waals surface area contributed by atoms with Gasteiger partial charge in [0.1, 0.15) is 0 Å². The van der Waals surface area contributed by atoms with E-state index in [0.29, 0.717) is 12.3 Å². The smallest absolute Gasteiger partial charge is 0.242 e. The van der Waals surface area contributed by atoms with Crippen LogP contribution in [0, 0.1) is 5.92 Å². The van der Waals surface area contributed by atoms with E-state index in [4.69, 9.17) is 5.73 Å². The molecule has 1 atom stereocenters. The van der Waals surface area contributed by atoms with E-state index in [-0.39, 0.29) is 11.9 Å². The Labute approximate surface area is 94.0 Å². The van der Waals surface area contributed by atoms with Crippen molar-refractivity contribution in [2.75, 3.05) is 6.54 Å². The van der Waals surface area contributed by atoms with E-state index >= 15 is 0 Å². The van der Waals surface area contributed by atoms with Crippen LogP contribution in [-0.2, 0) is 4.79 Å². The summed E-state index contributed by atoms with van der Waals surface area (Å²) in [6.45, 7) is 12.8. The normalized spacial score (nSPS) is 15.5. The topological polar surface area (TPSA) is 46.3 Å². The van der Waals surface area contributed by atoms with E-state index in [2.05, 4.69) is 13.8 Å². The highest BCUT2D eigenvalue weighted by molar-refractivity contribution is 5.85. The van der Waals surface area contributed by atoms with E-state index in [1.165, 1.54) is 0 Å². The lowest BCUT2D eigenvalue weighted by Crippen LogP contribution is -2.55. The van der Waals surface area contributed by atoms with Gasteiger partial charge in [-0.1, -0.05) is 20.8 Å². The number of nitrogens with zero attached hydrogens (tertiary/aromatic N) is 1. The van der Waals surface area contributed by atoms with Crippen molar-refractivity contribution in [3.8, 4) is 0 Å². The van der Waals surface area contributed by atoms with Crippen LogP contribution < -0.4 is 5.73 Å². The highest BCUT2D eigenvalue weighted by Crippen LogP contribution is 2.14. The van der Waals surface area contributed by atoms with Gasteiger partial charge in [-0.05, 0) is 33.1 Å². The fourth-order valence-electron chi connectivity index (χ4n) is 1.40. The van der Waals surface area contributed by atoms with Crippen molar-refractivity contribution in [3.05, 3.63) is 0 Å². The number of nitrogens with two attached hydrogens (primary N) is 1. The predicted molar refractivity (Wildman–Crippen MR) is 64.6 cm³/mol. The van der Waals surface area contributed by atoms with E-state index in [0.717, 1.165) is 6.54 Å². The highest BCUT2D eigenvalue weighted by atomic mass is 16.2. The third kappa shape index (κ3) is 4.20. The van der Waals surface area contributed by atoms with Gasteiger partial charge in [-0.3, -0.25) is 4.79 Å². The standard InChI is InChI=1S/C12H26N2O/c1-7-12(6,13)11(15)14(10(4)5)8-9(2)3/h9-10H,7-8,13H2,1-6H3. The van der Waals surface area contributed by atoms with Crippen LogP contribution in [0.3, 0.4) is 0 Å². The first-order chi connectivity index (χ1) is 6.72. The van der Waals surface area contributed by atoms with Crippen LogP contribution in [0.15, 0.2) is 0 Å². The molecule has 0 saturated carbocycles. The van der Waals surface area contributed by atoms with Gasteiger partial charge in [0.05, 0.1) is 5.54 Å². The number of hydrogen-bond acceptors (Lipinski definition) is 2. The molecular weight excluding hydrogens is 188 g/mol. The molecule has 0 heterocycles. The molecule has 3 heteroatoms. The molecule has 1 amide bonds. The fraction of sp³-hybridized carbons (Fsp3) is 0.917. The van der Waals surface area contributed by atoms with Gasteiger partial charge in [0.2, 0.25) is 5.91 Å². The van der Waals surface area contributed by atoms with Crippen molar-refractivity contribution in [1.29, 1.82) is 0 Å². The monoisotopic (exact) mass is 214 g/mol. The molecule has 3 nitrogen and oxygen atoms in total. The summed E-state index contributed by atoms with van der Waals surface area (Å²) >= 11 is 0. The Bertz CT molecular complexity index is 210. The minimum absolute atomic E-state index is 0.0636. The molecule has 2 N–H and O–H groups in total. The Kier molecular flexibility index (Phi) is 5.29. The van der Waals surface area contributed by atoms with Crippen molar-refractivity contribution in [2.24, 2.45) is 11.7 Å². The second kappa shape index (κ2) is 5.50. The maximum atomic E-state index is 12.2. The zero-order valence-corrected chi connectivity index (χ0v) is 11.0. The molecule has 0 aromatic rings. The first-order valence-electron chi connectivity index (χ1n) is 5.82. The summed E-state index contributed by atoms with van der Waals surface area (Å²) in [7, 11) is 0. The molecule has 90 valence electrons. The molecule has 0 rings (SSSR count). The van der Waals surface area contributed by atoms with Crippen LogP contribution in [0.1, 0.15) is 48.0 Å². The van der Waals surface area contributed by atoms with E-state index in [1.807, 2.05) is 32.6 Å². The van der Waals surface area contributed by atoms with E-state index in [1.54, 1.807) is 0 Å². The third-order valence-electron chi connectivity index (χ3n) is 2.67. The summed E-state index contributed by atoms with van der Waals surface area (Å²) in [5.74, 6) is 0.540. The summed E-state index contributed by atoms with van der Waals surface area (Å²) in [5, 5.41) is 0. The van der Waals surface area contributed by atoms with Gasteiger partial charge in [-0.25, -0.2) is 0 Å². The molecule has 0 aliphatic rings. The molecule has 0 aliphatic carbocycles. The zero-order valence-electron chi connectivity index (χ0n) is 11.0. The van der Waals surface area contributed by atoms with E-state index < -0.39 is 5.54 Å². The number of rotatable bonds is 5. The first kappa shape index (κ1) is 14.4. The fourth-order valence-corrected chi connectivity index (χ4v) is 1.40. The average molecular weight is 214 g/mol. The second-order valence-electron chi connectivity index (χ2n) is 5.22. The third-order valence-corrected chi connectivity index (χ3v) is 2.67.